The van der Waals surface area contributed by atoms with Crippen molar-refractivity contribution < 1.29 is 28.6 Å². The van der Waals surface area contributed by atoms with Gasteiger partial charge in [0.25, 0.3) is 0 Å². The van der Waals surface area contributed by atoms with Crippen LogP contribution in [0.15, 0.2) is 48.5 Å². The lowest BCUT2D eigenvalue weighted by Crippen LogP contribution is -2.19. The van der Waals surface area contributed by atoms with E-state index in [1.54, 1.807) is 25.3 Å². The van der Waals surface area contributed by atoms with Crippen LogP contribution in [-0.4, -0.2) is 38.2 Å². The smallest absolute Gasteiger partial charge is 0.344 e. The Morgan fingerprint density at radius 2 is 1.70 bits per heavy atom. The third kappa shape index (κ3) is 7.58. The predicted molar refractivity (Wildman–Crippen MR) is 113 cm³/mol. The van der Waals surface area contributed by atoms with E-state index in [2.05, 4.69) is 5.32 Å². The molecule has 7 nitrogen and oxygen atoms in total. The molecule has 0 saturated heterocycles. The Morgan fingerprint density at radius 3 is 2.40 bits per heavy atom. The number of rotatable bonds is 11. The van der Waals surface area contributed by atoms with Crippen molar-refractivity contribution in [2.75, 3.05) is 25.6 Å². The number of carbonyl (C=O) groups excluding carboxylic acids is 3. The van der Waals surface area contributed by atoms with E-state index in [0.29, 0.717) is 18.7 Å². The molecule has 0 saturated carbocycles. The summed E-state index contributed by atoms with van der Waals surface area (Å²) in [6.07, 6.45) is 2.45. The van der Waals surface area contributed by atoms with E-state index in [-0.39, 0.29) is 17.9 Å². The number of para-hydroxylation sites is 1. The molecule has 0 aromatic heterocycles. The minimum Gasteiger partial charge on any atom is -0.497 e. The number of hydrogen-bond acceptors (Lipinski definition) is 6. The van der Waals surface area contributed by atoms with Crippen LogP contribution in [0.5, 0.6) is 5.75 Å². The van der Waals surface area contributed by atoms with Crippen molar-refractivity contribution in [1.29, 1.82) is 0 Å². The summed E-state index contributed by atoms with van der Waals surface area (Å²) in [6.45, 7) is 1.81. The summed E-state index contributed by atoms with van der Waals surface area (Å²) in [5.41, 5.74) is 1.51. The number of methoxy groups -OCH3 is 1. The highest BCUT2D eigenvalue weighted by Crippen LogP contribution is 2.18. The average molecular weight is 413 g/mol. The van der Waals surface area contributed by atoms with Crippen LogP contribution in [0, 0.1) is 0 Å². The number of hydrogen-bond donors (Lipinski definition) is 1. The van der Waals surface area contributed by atoms with Gasteiger partial charge in [0.05, 0.1) is 25.0 Å². The number of anilines is 1. The number of aryl methyl sites for hydroxylation is 1. The largest absolute Gasteiger partial charge is 0.497 e. The molecular formula is C23H27NO6. The van der Waals surface area contributed by atoms with Crippen molar-refractivity contribution in [1.82, 2.24) is 0 Å². The third-order valence-corrected chi connectivity index (χ3v) is 4.30. The molecule has 2 aromatic carbocycles. The van der Waals surface area contributed by atoms with Gasteiger partial charge >= 0.3 is 11.9 Å². The summed E-state index contributed by atoms with van der Waals surface area (Å²) in [5.74, 6) is -0.777. The van der Waals surface area contributed by atoms with Crippen LogP contribution < -0.4 is 10.1 Å². The second kappa shape index (κ2) is 12.3. The molecule has 0 aliphatic carbocycles. The normalized spacial score (nSPS) is 10.2. The molecule has 0 heterocycles. The zero-order valence-electron chi connectivity index (χ0n) is 17.3. The van der Waals surface area contributed by atoms with E-state index < -0.39 is 18.5 Å². The van der Waals surface area contributed by atoms with Crippen molar-refractivity contribution in [2.24, 2.45) is 0 Å². The number of esters is 2. The Balaban J connectivity index is 1.87. The third-order valence-electron chi connectivity index (χ3n) is 4.30. The maximum Gasteiger partial charge on any atom is 0.344 e. The zero-order valence-corrected chi connectivity index (χ0v) is 17.3. The van der Waals surface area contributed by atoms with Crippen molar-refractivity contribution in [3.05, 3.63) is 59.7 Å². The quantitative estimate of drug-likeness (QED) is 0.445. The number of nitrogens with one attached hydrogen (secondary N) is 1. The maximum atomic E-state index is 12.3. The van der Waals surface area contributed by atoms with Gasteiger partial charge in [0.1, 0.15) is 5.75 Å². The monoisotopic (exact) mass is 413 g/mol. The summed E-state index contributed by atoms with van der Waals surface area (Å²) >= 11 is 0. The van der Waals surface area contributed by atoms with Crippen LogP contribution in [0.4, 0.5) is 5.69 Å². The Labute approximate surface area is 176 Å². The van der Waals surface area contributed by atoms with E-state index >= 15 is 0 Å². The number of benzene rings is 2. The lowest BCUT2D eigenvalue weighted by atomic mass is 10.1. The molecular weight excluding hydrogens is 386 g/mol. The van der Waals surface area contributed by atoms with Crippen molar-refractivity contribution in [2.45, 2.75) is 32.6 Å². The van der Waals surface area contributed by atoms with E-state index in [1.165, 1.54) is 6.07 Å². The molecule has 0 radical (unpaired) electrons. The van der Waals surface area contributed by atoms with Crippen molar-refractivity contribution in [3.8, 4) is 5.75 Å². The molecule has 30 heavy (non-hydrogen) atoms. The van der Waals surface area contributed by atoms with Gasteiger partial charge in [0.2, 0.25) is 5.91 Å². The highest BCUT2D eigenvalue weighted by Gasteiger charge is 2.16. The molecule has 7 heteroatoms. The van der Waals surface area contributed by atoms with Gasteiger partial charge in [0.15, 0.2) is 6.61 Å². The summed E-state index contributed by atoms with van der Waals surface area (Å²) in [4.78, 5) is 36.3. The molecule has 160 valence electrons. The Kier molecular flexibility index (Phi) is 9.37. The van der Waals surface area contributed by atoms with Crippen LogP contribution in [0.1, 0.15) is 42.1 Å². The van der Waals surface area contributed by atoms with Crippen LogP contribution in [0.2, 0.25) is 0 Å². The highest BCUT2D eigenvalue weighted by atomic mass is 16.6. The van der Waals surface area contributed by atoms with Crippen LogP contribution >= 0.6 is 0 Å². The fraction of sp³-hybridized carbons (Fsp3) is 0.348. The Morgan fingerprint density at radius 1 is 0.967 bits per heavy atom. The van der Waals surface area contributed by atoms with Gasteiger partial charge in [-0.1, -0.05) is 37.6 Å². The zero-order chi connectivity index (χ0) is 21.8. The molecule has 0 fully saturated rings. The lowest BCUT2D eigenvalue weighted by molar-refractivity contribution is -0.147. The predicted octanol–water partition coefficient (Wildman–Crippen LogP) is 3.77. The van der Waals surface area contributed by atoms with Gasteiger partial charge < -0.3 is 19.5 Å². The summed E-state index contributed by atoms with van der Waals surface area (Å²) in [6, 6.07) is 14.0. The summed E-state index contributed by atoms with van der Waals surface area (Å²) in [5, 5.41) is 2.73. The fourth-order valence-corrected chi connectivity index (χ4v) is 2.61. The van der Waals surface area contributed by atoms with E-state index in [0.717, 1.165) is 24.2 Å². The first-order valence-corrected chi connectivity index (χ1v) is 9.88. The topological polar surface area (TPSA) is 90.9 Å². The molecule has 0 spiro atoms. The summed E-state index contributed by atoms with van der Waals surface area (Å²) < 4.78 is 15.1. The first kappa shape index (κ1) is 22.9. The molecule has 2 rings (SSSR count). The standard InChI is InChI=1S/C23H27NO6/c1-3-4-15-29-22(26)16-30-23(27)19-7-5-6-8-20(19)24-21(25)14-11-17-9-12-18(28-2)13-10-17/h5-10,12-13H,3-4,11,14-16H2,1-2H3,(H,24,25). The van der Waals surface area contributed by atoms with Gasteiger partial charge in [-0.3, -0.25) is 4.79 Å². The second-order valence-electron chi connectivity index (χ2n) is 6.59. The van der Waals surface area contributed by atoms with Crippen LogP contribution in [0.25, 0.3) is 0 Å². The maximum absolute atomic E-state index is 12.3. The molecule has 0 atom stereocenters. The molecule has 2 aromatic rings. The Bertz CT molecular complexity index is 847. The molecule has 1 amide bonds. The van der Waals surface area contributed by atoms with Crippen LogP contribution in [-0.2, 0) is 25.5 Å². The van der Waals surface area contributed by atoms with Gasteiger partial charge in [-0.2, -0.15) is 0 Å². The number of ether oxygens (including phenoxy) is 3. The van der Waals surface area contributed by atoms with Gasteiger partial charge in [-0.05, 0) is 42.7 Å². The minimum absolute atomic E-state index is 0.177. The first-order chi connectivity index (χ1) is 14.5. The molecule has 0 aliphatic rings. The van der Waals surface area contributed by atoms with Gasteiger partial charge in [-0.15, -0.1) is 0 Å². The van der Waals surface area contributed by atoms with Gasteiger partial charge in [-0.25, -0.2) is 9.59 Å². The molecule has 0 aliphatic heterocycles. The molecule has 0 bridgehead atoms. The minimum atomic E-state index is -0.700. The molecule has 1 N–H and O–H groups in total. The first-order valence-electron chi connectivity index (χ1n) is 9.88. The Hall–Kier alpha value is -3.35. The van der Waals surface area contributed by atoms with E-state index in [9.17, 15) is 14.4 Å². The van der Waals surface area contributed by atoms with Gasteiger partial charge in [0, 0.05) is 6.42 Å². The summed E-state index contributed by atoms with van der Waals surface area (Å²) in [7, 11) is 1.60. The molecule has 0 unspecified atom stereocenters. The average Bonchev–Trinajstić information content (AvgIpc) is 2.77. The number of carbonyl (C=O) groups is 3. The van der Waals surface area contributed by atoms with Crippen molar-refractivity contribution >= 4 is 23.5 Å². The number of unbranched alkanes of at least 4 members (excludes halogenated alkanes) is 1. The van der Waals surface area contributed by atoms with E-state index in [1.807, 2.05) is 31.2 Å². The van der Waals surface area contributed by atoms with Crippen molar-refractivity contribution in [3.63, 3.8) is 0 Å². The number of amides is 1. The lowest BCUT2D eigenvalue weighted by Gasteiger charge is -2.11. The SMILES string of the molecule is CCCCOC(=O)COC(=O)c1ccccc1NC(=O)CCc1ccc(OC)cc1. The van der Waals surface area contributed by atoms with E-state index in [4.69, 9.17) is 14.2 Å². The van der Waals surface area contributed by atoms with Crippen LogP contribution in [0.3, 0.4) is 0 Å². The fourth-order valence-electron chi connectivity index (χ4n) is 2.61. The highest BCUT2D eigenvalue weighted by molar-refractivity contribution is 6.01. The second-order valence-corrected chi connectivity index (χ2v) is 6.59.